The lowest BCUT2D eigenvalue weighted by Crippen LogP contribution is -2.09. The summed E-state index contributed by atoms with van der Waals surface area (Å²) in [7, 11) is 0. The minimum Gasteiger partial charge on any atom is -0.463 e. The molecule has 4 heteroatoms. The second kappa shape index (κ2) is 11.2. The number of allylic oxidation sites excluding steroid dienone is 2. The molecule has 0 bridgehead atoms. The maximum atomic E-state index is 11.9. The number of esters is 2. The van der Waals surface area contributed by atoms with Crippen LogP contribution in [0.5, 0.6) is 0 Å². The van der Waals surface area contributed by atoms with Crippen LogP contribution in [0.25, 0.3) is 0 Å². The van der Waals surface area contributed by atoms with Gasteiger partial charge >= 0.3 is 11.9 Å². The molecular weight excluding hydrogens is 316 g/mol. The number of benzene rings is 1. The first-order valence-electron chi connectivity index (χ1n) is 8.69. The molecule has 0 aliphatic heterocycles. The standard InChI is InChI=1S/C21H28O4/c1-5-24-20(22)15-19(16(2)3)12-11-17(4)13-14-25-21(23)18-9-7-6-8-10-18/h6-10,15,17H,2,5,11-14H2,1,3-4H3/b19-15+. The molecule has 0 saturated heterocycles. The summed E-state index contributed by atoms with van der Waals surface area (Å²) in [5.74, 6) is -0.254. The van der Waals surface area contributed by atoms with Gasteiger partial charge in [-0.2, -0.15) is 0 Å². The molecule has 0 spiro atoms. The molecule has 1 atom stereocenters. The van der Waals surface area contributed by atoms with Gasteiger partial charge in [0.05, 0.1) is 18.8 Å². The molecule has 0 amide bonds. The van der Waals surface area contributed by atoms with Crippen LogP contribution in [0.1, 0.15) is 50.4 Å². The van der Waals surface area contributed by atoms with E-state index in [-0.39, 0.29) is 11.9 Å². The Balaban J connectivity index is 2.37. The van der Waals surface area contributed by atoms with Crippen molar-refractivity contribution in [2.75, 3.05) is 13.2 Å². The van der Waals surface area contributed by atoms with Crippen molar-refractivity contribution in [1.82, 2.24) is 0 Å². The van der Waals surface area contributed by atoms with Crippen LogP contribution in [0.4, 0.5) is 0 Å². The number of rotatable bonds is 10. The van der Waals surface area contributed by atoms with Crippen LogP contribution >= 0.6 is 0 Å². The molecule has 0 N–H and O–H groups in total. The second-order valence-corrected chi connectivity index (χ2v) is 6.14. The van der Waals surface area contributed by atoms with Crippen LogP contribution in [0.15, 0.2) is 54.1 Å². The van der Waals surface area contributed by atoms with Gasteiger partial charge in [0.2, 0.25) is 0 Å². The Hall–Kier alpha value is -2.36. The monoisotopic (exact) mass is 344 g/mol. The Morgan fingerprint density at radius 2 is 1.84 bits per heavy atom. The summed E-state index contributed by atoms with van der Waals surface area (Å²) in [6, 6.07) is 8.97. The second-order valence-electron chi connectivity index (χ2n) is 6.14. The highest BCUT2D eigenvalue weighted by atomic mass is 16.5. The van der Waals surface area contributed by atoms with E-state index in [1.165, 1.54) is 6.08 Å². The molecule has 0 aliphatic carbocycles. The quantitative estimate of drug-likeness (QED) is 0.350. The Kier molecular flexibility index (Phi) is 9.30. The third kappa shape index (κ3) is 8.34. The summed E-state index contributed by atoms with van der Waals surface area (Å²) < 4.78 is 10.3. The minimum atomic E-state index is -0.329. The predicted octanol–water partition coefficient (Wildman–Crippen LogP) is 4.72. The fourth-order valence-electron chi connectivity index (χ4n) is 2.29. The van der Waals surface area contributed by atoms with Gasteiger partial charge < -0.3 is 9.47 Å². The van der Waals surface area contributed by atoms with Crippen molar-refractivity contribution in [3.8, 4) is 0 Å². The zero-order valence-electron chi connectivity index (χ0n) is 15.4. The van der Waals surface area contributed by atoms with Gasteiger partial charge in [-0.3, -0.25) is 0 Å². The number of carbonyl (C=O) groups is 2. The summed E-state index contributed by atoms with van der Waals surface area (Å²) in [5.41, 5.74) is 2.35. The molecule has 1 unspecified atom stereocenters. The van der Waals surface area contributed by atoms with Crippen molar-refractivity contribution < 1.29 is 19.1 Å². The first-order chi connectivity index (χ1) is 11.9. The van der Waals surface area contributed by atoms with Crippen LogP contribution in [-0.2, 0) is 14.3 Å². The minimum absolute atomic E-state index is 0.294. The lowest BCUT2D eigenvalue weighted by molar-refractivity contribution is -0.137. The Morgan fingerprint density at radius 1 is 1.16 bits per heavy atom. The van der Waals surface area contributed by atoms with Crippen LogP contribution in [-0.4, -0.2) is 25.2 Å². The summed E-state index contributed by atoms with van der Waals surface area (Å²) in [6.07, 6.45) is 3.94. The first kappa shape index (κ1) is 20.7. The summed E-state index contributed by atoms with van der Waals surface area (Å²) in [4.78, 5) is 23.5. The number of carbonyl (C=O) groups excluding carboxylic acids is 2. The van der Waals surface area contributed by atoms with Crippen LogP contribution < -0.4 is 0 Å². The average molecular weight is 344 g/mol. The third-order valence-electron chi connectivity index (χ3n) is 3.89. The van der Waals surface area contributed by atoms with Crippen molar-refractivity contribution in [1.29, 1.82) is 0 Å². The van der Waals surface area contributed by atoms with Gasteiger partial charge in [-0.15, -0.1) is 0 Å². The van der Waals surface area contributed by atoms with E-state index in [0.717, 1.165) is 30.4 Å². The Labute approximate surface area is 150 Å². The van der Waals surface area contributed by atoms with Crippen molar-refractivity contribution in [3.63, 3.8) is 0 Å². The van der Waals surface area contributed by atoms with Crippen molar-refractivity contribution in [2.24, 2.45) is 5.92 Å². The zero-order valence-corrected chi connectivity index (χ0v) is 15.4. The van der Waals surface area contributed by atoms with Gasteiger partial charge in [-0.25, -0.2) is 9.59 Å². The highest BCUT2D eigenvalue weighted by molar-refractivity contribution is 5.89. The topological polar surface area (TPSA) is 52.6 Å². The summed E-state index contributed by atoms with van der Waals surface area (Å²) >= 11 is 0. The highest BCUT2D eigenvalue weighted by Gasteiger charge is 2.10. The molecule has 0 radical (unpaired) electrons. The smallest absolute Gasteiger partial charge is 0.338 e. The number of hydrogen-bond donors (Lipinski definition) is 0. The molecule has 0 heterocycles. The van der Waals surface area contributed by atoms with Gasteiger partial charge in [-0.1, -0.05) is 37.3 Å². The maximum absolute atomic E-state index is 11.9. The van der Waals surface area contributed by atoms with E-state index >= 15 is 0 Å². The predicted molar refractivity (Wildman–Crippen MR) is 99.3 cm³/mol. The fourth-order valence-corrected chi connectivity index (χ4v) is 2.29. The third-order valence-corrected chi connectivity index (χ3v) is 3.89. The van der Waals surface area contributed by atoms with E-state index in [4.69, 9.17) is 9.47 Å². The van der Waals surface area contributed by atoms with Gasteiger partial charge in [0.15, 0.2) is 0 Å². The number of ether oxygens (including phenoxy) is 2. The van der Waals surface area contributed by atoms with Gasteiger partial charge in [0.25, 0.3) is 0 Å². The normalized spacial score (nSPS) is 12.4. The van der Waals surface area contributed by atoms with Crippen molar-refractivity contribution in [2.45, 2.75) is 40.0 Å². The highest BCUT2D eigenvalue weighted by Crippen LogP contribution is 2.20. The Morgan fingerprint density at radius 3 is 2.44 bits per heavy atom. The van der Waals surface area contributed by atoms with Crippen molar-refractivity contribution in [3.05, 3.63) is 59.7 Å². The van der Waals surface area contributed by atoms with E-state index in [1.54, 1.807) is 19.1 Å². The van der Waals surface area contributed by atoms with Crippen LogP contribution in [0.3, 0.4) is 0 Å². The molecule has 0 fully saturated rings. The van der Waals surface area contributed by atoms with E-state index in [2.05, 4.69) is 13.5 Å². The van der Waals surface area contributed by atoms with E-state index in [9.17, 15) is 9.59 Å². The molecule has 25 heavy (non-hydrogen) atoms. The largest absolute Gasteiger partial charge is 0.463 e. The molecular formula is C21H28O4. The molecule has 1 aromatic rings. The van der Waals surface area contributed by atoms with Crippen LogP contribution in [0.2, 0.25) is 0 Å². The molecule has 1 aromatic carbocycles. The molecule has 0 aromatic heterocycles. The van der Waals surface area contributed by atoms with Crippen molar-refractivity contribution >= 4 is 11.9 Å². The van der Waals surface area contributed by atoms with E-state index < -0.39 is 0 Å². The maximum Gasteiger partial charge on any atom is 0.338 e. The first-order valence-corrected chi connectivity index (χ1v) is 8.69. The Bertz CT molecular complexity index is 602. The number of hydrogen-bond acceptors (Lipinski definition) is 4. The average Bonchev–Trinajstić information content (AvgIpc) is 2.59. The van der Waals surface area contributed by atoms with Gasteiger partial charge in [-0.05, 0) is 56.7 Å². The molecule has 0 aliphatic rings. The van der Waals surface area contributed by atoms with E-state index in [1.807, 2.05) is 25.1 Å². The summed E-state index contributed by atoms with van der Waals surface area (Å²) in [6.45, 7) is 10.4. The summed E-state index contributed by atoms with van der Waals surface area (Å²) in [5, 5.41) is 0. The lowest BCUT2D eigenvalue weighted by atomic mass is 9.95. The molecule has 4 nitrogen and oxygen atoms in total. The fraction of sp³-hybridized carbons (Fsp3) is 0.429. The van der Waals surface area contributed by atoms with Gasteiger partial charge in [0.1, 0.15) is 0 Å². The SMILES string of the molecule is C=C(C)/C(=C/C(=O)OCC)CCC(C)CCOC(=O)c1ccccc1. The molecule has 0 saturated carbocycles. The lowest BCUT2D eigenvalue weighted by Gasteiger charge is -2.13. The molecule has 136 valence electrons. The van der Waals surface area contributed by atoms with Crippen LogP contribution in [0, 0.1) is 5.92 Å². The van der Waals surface area contributed by atoms with Gasteiger partial charge in [0, 0.05) is 6.08 Å². The zero-order chi connectivity index (χ0) is 18.7. The van der Waals surface area contributed by atoms with E-state index in [0.29, 0.717) is 24.7 Å². The molecule has 1 rings (SSSR count).